The Hall–Kier alpha value is -1.84. The van der Waals surface area contributed by atoms with Crippen molar-refractivity contribution in [3.05, 3.63) is 29.8 Å². The van der Waals surface area contributed by atoms with Gasteiger partial charge in [0.2, 0.25) is 0 Å². The number of rotatable bonds is 7. The average Bonchev–Trinajstić information content (AvgIpc) is 2.49. The Morgan fingerprint density at radius 2 is 1.71 bits per heavy atom. The second-order valence-electron chi connectivity index (χ2n) is 4.90. The Labute approximate surface area is 126 Å². The zero-order valence-corrected chi connectivity index (χ0v) is 13.3. The van der Waals surface area contributed by atoms with E-state index in [0.29, 0.717) is 18.6 Å². The van der Waals surface area contributed by atoms with E-state index in [4.69, 9.17) is 9.47 Å². The number of carbonyl (C=O) groups excluding carboxylic acids is 2. The van der Waals surface area contributed by atoms with E-state index >= 15 is 0 Å². The molecule has 0 heterocycles. The average molecular weight is 292 g/mol. The molecular weight excluding hydrogens is 268 g/mol. The summed E-state index contributed by atoms with van der Waals surface area (Å²) < 4.78 is 10.5. The Morgan fingerprint density at radius 1 is 1.05 bits per heavy atom. The molecule has 0 aliphatic carbocycles. The first-order valence-electron chi connectivity index (χ1n) is 7.52. The normalized spacial score (nSPS) is 11.0. The van der Waals surface area contributed by atoms with Crippen LogP contribution in [0.1, 0.15) is 46.1 Å². The number of hydrogen-bond acceptors (Lipinski definition) is 4. The molecule has 4 heteroatoms. The molecule has 0 spiro atoms. The number of hydrogen-bond donors (Lipinski definition) is 0. The summed E-state index contributed by atoms with van der Waals surface area (Å²) in [5, 5.41) is 0. The summed E-state index contributed by atoms with van der Waals surface area (Å²) >= 11 is 0. The number of esters is 2. The molecule has 0 atom stereocenters. The maximum absolute atomic E-state index is 12.5. The summed E-state index contributed by atoms with van der Waals surface area (Å²) in [6.07, 6.45) is 1.57. The number of ether oxygens (including phenoxy) is 2. The molecule has 1 aromatic carbocycles. The van der Waals surface area contributed by atoms with E-state index < -0.39 is 17.4 Å². The van der Waals surface area contributed by atoms with Crippen LogP contribution in [-0.4, -0.2) is 18.5 Å². The Morgan fingerprint density at radius 3 is 2.24 bits per heavy atom. The van der Waals surface area contributed by atoms with Crippen LogP contribution in [0.3, 0.4) is 0 Å². The van der Waals surface area contributed by atoms with Crippen molar-refractivity contribution in [1.29, 1.82) is 0 Å². The van der Waals surface area contributed by atoms with E-state index in [9.17, 15) is 9.59 Å². The van der Waals surface area contributed by atoms with Gasteiger partial charge in [-0.1, -0.05) is 32.9 Å². The van der Waals surface area contributed by atoms with Crippen LogP contribution in [0, 0.1) is 5.41 Å². The summed E-state index contributed by atoms with van der Waals surface area (Å²) in [6.45, 7) is 7.60. The molecule has 0 saturated heterocycles. The highest BCUT2D eigenvalue weighted by atomic mass is 16.6. The Bertz CT molecular complexity index is 489. The standard InChI is InChI=1S/C17H24O4/c1-5-13-10-9-11-14(12-13)21-16(19)17(6-2,7-3)15(18)20-8-4/h9-12H,5-8H2,1-4H3. The molecule has 0 aromatic heterocycles. The molecule has 1 aromatic rings. The fraction of sp³-hybridized carbons (Fsp3) is 0.529. The SMILES string of the molecule is CCOC(=O)C(CC)(CC)C(=O)Oc1cccc(CC)c1. The van der Waals surface area contributed by atoms with E-state index in [1.54, 1.807) is 26.8 Å². The molecule has 0 bridgehead atoms. The summed E-state index contributed by atoms with van der Waals surface area (Å²) in [6, 6.07) is 7.35. The summed E-state index contributed by atoms with van der Waals surface area (Å²) in [5.41, 5.74) is -0.145. The maximum atomic E-state index is 12.5. The van der Waals surface area contributed by atoms with Crippen molar-refractivity contribution < 1.29 is 19.1 Å². The van der Waals surface area contributed by atoms with Gasteiger partial charge in [-0.15, -0.1) is 0 Å². The lowest BCUT2D eigenvalue weighted by Gasteiger charge is -2.26. The Balaban J connectivity index is 2.98. The fourth-order valence-electron chi connectivity index (χ4n) is 2.21. The van der Waals surface area contributed by atoms with Crippen LogP contribution in [0.5, 0.6) is 5.75 Å². The predicted octanol–water partition coefficient (Wildman–Crippen LogP) is 3.52. The van der Waals surface area contributed by atoms with Crippen molar-refractivity contribution in [3.63, 3.8) is 0 Å². The molecule has 0 unspecified atom stereocenters. The van der Waals surface area contributed by atoms with Gasteiger partial charge in [-0.25, -0.2) is 0 Å². The van der Waals surface area contributed by atoms with Crippen LogP contribution < -0.4 is 4.74 Å². The van der Waals surface area contributed by atoms with Gasteiger partial charge >= 0.3 is 11.9 Å². The molecule has 0 amide bonds. The van der Waals surface area contributed by atoms with Gasteiger partial charge in [0, 0.05) is 0 Å². The molecule has 0 radical (unpaired) electrons. The minimum absolute atomic E-state index is 0.249. The first-order valence-corrected chi connectivity index (χ1v) is 7.52. The molecule has 21 heavy (non-hydrogen) atoms. The number of carbonyl (C=O) groups is 2. The minimum Gasteiger partial charge on any atom is -0.465 e. The molecule has 116 valence electrons. The lowest BCUT2D eigenvalue weighted by atomic mass is 9.82. The number of aryl methyl sites for hydroxylation is 1. The number of benzene rings is 1. The third kappa shape index (κ3) is 3.84. The third-order valence-corrected chi connectivity index (χ3v) is 3.78. The van der Waals surface area contributed by atoms with Gasteiger partial charge in [-0.3, -0.25) is 9.59 Å². The largest absolute Gasteiger partial charge is 0.465 e. The van der Waals surface area contributed by atoms with Crippen LogP contribution in [0.25, 0.3) is 0 Å². The van der Waals surface area contributed by atoms with Crippen LogP contribution >= 0.6 is 0 Å². The van der Waals surface area contributed by atoms with Crippen molar-refractivity contribution in [2.75, 3.05) is 6.61 Å². The zero-order valence-electron chi connectivity index (χ0n) is 13.3. The van der Waals surface area contributed by atoms with Crippen LogP contribution in [-0.2, 0) is 20.7 Å². The first-order chi connectivity index (χ1) is 10.0. The summed E-state index contributed by atoms with van der Waals surface area (Å²) in [7, 11) is 0. The van der Waals surface area contributed by atoms with Gasteiger partial charge < -0.3 is 9.47 Å². The van der Waals surface area contributed by atoms with Crippen molar-refractivity contribution in [2.45, 2.75) is 47.0 Å². The molecule has 1 rings (SSSR count). The van der Waals surface area contributed by atoms with Crippen molar-refractivity contribution in [2.24, 2.45) is 5.41 Å². The van der Waals surface area contributed by atoms with Gasteiger partial charge in [0.05, 0.1) is 6.61 Å². The first kappa shape index (κ1) is 17.2. The van der Waals surface area contributed by atoms with Crippen molar-refractivity contribution in [3.8, 4) is 5.75 Å². The predicted molar refractivity (Wildman–Crippen MR) is 81.1 cm³/mol. The monoisotopic (exact) mass is 292 g/mol. The molecule has 4 nitrogen and oxygen atoms in total. The minimum atomic E-state index is -1.22. The highest BCUT2D eigenvalue weighted by molar-refractivity contribution is 6.00. The van der Waals surface area contributed by atoms with E-state index in [-0.39, 0.29) is 6.61 Å². The van der Waals surface area contributed by atoms with E-state index in [1.165, 1.54) is 0 Å². The summed E-state index contributed by atoms with van der Waals surface area (Å²) in [4.78, 5) is 24.6. The van der Waals surface area contributed by atoms with E-state index in [2.05, 4.69) is 0 Å². The van der Waals surface area contributed by atoms with Gasteiger partial charge in [0.25, 0.3) is 0 Å². The molecule has 0 fully saturated rings. The van der Waals surface area contributed by atoms with Crippen molar-refractivity contribution >= 4 is 11.9 Å². The summed E-state index contributed by atoms with van der Waals surface area (Å²) in [5.74, 6) is -0.583. The quantitative estimate of drug-likeness (QED) is 0.438. The topological polar surface area (TPSA) is 52.6 Å². The lowest BCUT2D eigenvalue weighted by molar-refractivity contribution is -0.167. The van der Waals surface area contributed by atoms with Gasteiger partial charge in [0.15, 0.2) is 5.41 Å². The highest BCUT2D eigenvalue weighted by Gasteiger charge is 2.46. The molecule has 0 saturated carbocycles. The van der Waals surface area contributed by atoms with Gasteiger partial charge in [-0.05, 0) is 43.9 Å². The van der Waals surface area contributed by atoms with E-state index in [0.717, 1.165) is 12.0 Å². The van der Waals surface area contributed by atoms with Crippen molar-refractivity contribution in [1.82, 2.24) is 0 Å². The molecule has 0 aliphatic rings. The second kappa shape index (κ2) is 7.81. The fourth-order valence-corrected chi connectivity index (χ4v) is 2.21. The Kier molecular flexibility index (Phi) is 6.40. The third-order valence-electron chi connectivity index (χ3n) is 3.78. The van der Waals surface area contributed by atoms with E-state index in [1.807, 2.05) is 25.1 Å². The van der Waals surface area contributed by atoms with Crippen LogP contribution in [0.4, 0.5) is 0 Å². The van der Waals surface area contributed by atoms with Crippen LogP contribution in [0.15, 0.2) is 24.3 Å². The van der Waals surface area contributed by atoms with Gasteiger partial charge in [-0.2, -0.15) is 0 Å². The zero-order chi connectivity index (χ0) is 15.9. The highest BCUT2D eigenvalue weighted by Crippen LogP contribution is 2.31. The molecule has 0 aliphatic heterocycles. The molecule has 0 N–H and O–H groups in total. The van der Waals surface area contributed by atoms with Crippen LogP contribution in [0.2, 0.25) is 0 Å². The molecular formula is C17H24O4. The lowest BCUT2D eigenvalue weighted by Crippen LogP contribution is -2.42. The second-order valence-corrected chi connectivity index (χ2v) is 4.90. The van der Waals surface area contributed by atoms with Gasteiger partial charge in [0.1, 0.15) is 5.75 Å². The maximum Gasteiger partial charge on any atom is 0.328 e. The smallest absolute Gasteiger partial charge is 0.328 e.